The highest BCUT2D eigenvalue weighted by Crippen LogP contribution is 2.58. The first-order chi connectivity index (χ1) is 31.8. The summed E-state index contributed by atoms with van der Waals surface area (Å²) in [4.78, 5) is 70.3. The number of pyridine rings is 1. The maximum atomic E-state index is 15.0. The minimum atomic E-state index is -2.45. The van der Waals surface area contributed by atoms with Gasteiger partial charge in [0, 0.05) is 43.7 Å². The fraction of sp³-hybridized carbons (Fsp3) is 0.592. The van der Waals surface area contributed by atoms with Gasteiger partial charge in [0.05, 0.1) is 5.25 Å². The predicted octanol–water partition coefficient (Wildman–Crippen LogP) is 3.93. The number of piperidine rings is 1. The number of allylic oxidation sites excluding steroid dienone is 1. The molecule has 1 saturated carbocycles. The van der Waals surface area contributed by atoms with Gasteiger partial charge >= 0.3 is 17.9 Å². The molecule has 358 valence electrons. The Morgan fingerprint density at radius 2 is 1.67 bits per heavy atom. The third kappa shape index (κ3) is 11.5. The number of hydrogen-bond donors (Lipinski definition) is 9. The molecule has 1 saturated heterocycles. The van der Waals surface area contributed by atoms with Crippen molar-refractivity contribution in [3.05, 3.63) is 88.5 Å². The number of nitrogens with one attached hydrogen (secondary N) is 5. The lowest BCUT2D eigenvalue weighted by Gasteiger charge is -2.43. The molecule has 3 aliphatic carbocycles. The molecule has 66 heavy (non-hydrogen) atoms. The molecule has 0 unspecified atom stereocenters. The average Bonchev–Trinajstić information content (AvgIpc) is 3.92. The molecule has 1 aromatic carbocycles. The van der Waals surface area contributed by atoms with Crippen molar-refractivity contribution in [1.29, 1.82) is 0 Å². The Bertz CT molecular complexity index is 2120. The van der Waals surface area contributed by atoms with E-state index in [1.54, 1.807) is 7.05 Å². The highest BCUT2D eigenvalue weighted by atomic mass is 32.2. The minimum Gasteiger partial charge on any atom is -0.478 e. The quantitative estimate of drug-likeness (QED) is 0.0551. The molecule has 1 spiro atoms. The zero-order valence-corrected chi connectivity index (χ0v) is 38.6. The van der Waals surface area contributed by atoms with Crippen LogP contribution in [0.1, 0.15) is 101 Å². The van der Waals surface area contributed by atoms with Gasteiger partial charge < -0.3 is 46.4 Å². The number of aliphatic hydroxyl groups is 2. The Morgan fingerprint density at radius 1 is 0.939 bits per heavy atom. The Labute approximate surface area is 390 Å². The van der Waals surface area contributed by atoms with Gasteiger partial charge in [-0.2, -0.15) is 0 Å². The summed E-state index contributed by atoms with van der Waals surface area (Å²) in [6.45, 7) is 0.760. The van der Waals surface area contributed by atoms with Gasteiger partial charge in [0.25, 0.3) is 0 Å². The maximum absolute atomic E-state index is 15.0. The topological polar surface area (TPSA) is 249 Å². The number of hydrogen-bond acceptors (Lipinski definition) is 13. The van der Waals surface area contributed by atoms with Crippen LogP contribution in [0.4, 0.5) is 0 Å². The molecule has 5 aliphatic rings. The van der Waals surface area contributed by atoms with Crippen molar-refractivity contribution in [3.63, 3.8) is 0 Å². The van der Waals surface area contributed by atoms with Crippen molar-refractivity contribution >= 4 is 41.5 Å². The Hall–Kier alpha value is -4.65. The summed E-state index contributed by atoms with van der Waals surface area (Å²) in [5.74, 6) is -5.06. The van der Waals surface area contributed by atoms with Gasteiger partial charge in [-0.1, -0.05) is 68.0 Å². The van der Waals surface area contributed by atoms with Crippen LogP contribution in [0.15, 0.2) is 77.3 Å². The van der Waals surface area contributed by atoms with Gasteiger partial charge in [0.15, 0.2) is 0 Å². The van der Waals surface area contributed by atoms with E-state index in [0.717, 1.165) is 107 Å². The number of aromatic nitrogens is 1. The minimum absolute atomic E-state index is 0.0295. The number of amides is 2. The van der Waals surface area contributed by atoms with E-state index in [9.17, 15) is 39.6 Å². The molecule has 1 aromatic heterocycles. The van der Waals surface area contributed by atoms with E-state index in [1.807, 2.05) is 30.6 Å². The maximum Gasteiger partial charge on any atom is 0.353 e. The van der Waals surface area contributed by atoms with E-state index in [0.29, 0.717) is 12.2 Å². The number of carboxylic acid groups (broad SMARTS) is 2. The molecule has 2 aromatic rings. The van der Waals surface area contributed by atoms with Gasteiger partial charge in [0.2, 0.25) is 23.8 Å². The number of benzene rings is 1. The molecular weight excluding hydrogens is 865 g/mol. The SMILES string of the molecule is CNCN[C@@](O)(CCC(=O)N[C@@H](CS[C@H]1C2=C3[C@@H](CCCCCC14CCCC4)CC(Cc1ccncc1)=C([C@@H]1NCCC[C@@H]1Cc1ccccc1)[C@H]3C(=O)O2)C(=O)N[C@@H](O)C(=O)O)C(=O)O. The fourth-order valence-electron chi connectivity index (χ4n) is 11.2. The fourth-order valence-corrected chi connectivity index (χ4v) is 12.9. The summed E-state index contributed by atoms with van der Waals surface area (Å²) in [5, 5.41) is 53.5. The van der Waals surface area contributed by atoms with Crippen LogP contribution in [0, 0.1) is 23.2 Å². The zero-order valence-electron chi connectivity index (χ0n) is 37.8. The van der Waals surface area contributed by atoms with Crippen LogP contribution in [0.2, 0.25) is 0 Å². The van der Waals surface area contributed by atoms with Gasteiger partial charge in [-0.3, -0.25) is 24.7 Å². The number of carbonyl (C=O) groups is 5. The summed E-state index contributed by atoms with van der Waals surface area (Å²) in [6, 6.07) is 13.1. The first kappa shape index (κ1) is 49.3. The Kier molecular flexibility index (Phi) is 16.7. The molecule has 0 bridgehead atoms. The second kappa shape index (κ2) is 22.4. The van der Waals surface area contributed by atoms with Gasteiger partial charge in [-0.25, -0.2) is 9.59 Å². The number of rotatable bonds is 19. The van der Waals surface area contributed by atoms with Crippen molar-refractivity contribution in [2.45, 2.75) is 132 Å². The first-order valence-corrected chi connectivity index (χ1v) is 24.7. The van der Waals surface area contributed by atoms with E-state index >= 15 is 4.79 Å². The lowest BCUT2D eigenvalue weighted by molar-refractivity contribution is -0.164. The Balaban J connectivity index is 1.27. The van der Waals surface area contributed by atoms with E-state index in [1.165, 1.54) is 22.9 Å². The highest BCUT2D eigenvalue weighted by molar-refractivity contribution is 8.00. The molecule has 2 fully saturated rings. The standard InChI is InChI=1S/C49H66N6O10S/c1-50-29-53-49(64,47(62)63)21-15-36(56)54-35(43(57)55-44(58)45(59)60)28-66-42-41-38-32(13-6-3-7-18-48(42)19-8-9-20-48)27-34(26-31-16-23-51-24-17-31)37(39(38)46(61)65-41)40-33(14-10-22-52-40)25-30-11-4-2-5-12-30/h2,4-5,11-12,16-17,23-24,32-33,35,39-40,42,44,50,52-53,58,64H,3,6-10,13-15,18-22,25-29H2,1H3,(H,54,56)(H,55,57)(H,59,60)(H,62,63)/t32-,33+,35-,39+,40+,42-,44-,49+/m0/s1. The highest BCUT2D eigenvalue weighted by Gasteiger charge is 2.54. The number of carboxylic acids is 2. The van der Waals surface area contributed by atoms with Crippen molar-refractivity contribution in [2.75, 3.05) is 26.0 Å². The van der Waals surface area contributed by atoms with Crippen molar-refractivity contribution < 1.29 is 49.1 Å². The summed E-state index contributed by atoms with van der Waals surface area (Å²) in [7, 11) is 1.55. The van der Waals surface area contributed by atoms with Crippen molar-refractivity contribution in [1.82, 2.24) is 31.6 Å². The van der Waals surface area contributed by atoms with E-state index in [-0.39, 0.29) is 41.7 Å². The number of ether oxygens (including phenoxy) is 1. The summed E-state index contributed by atoms with van der Waals surface area (Å²) in [6.07, 6.45) is 13.1. The van der Waals surface area contributed by atoms with Crippen molar-refractivity contribution in [3.8, 4) is 0 Å². The van der Waals surface area contributed by atoms with Crippen LogP contribution in [-0.2, 0) is 41.6 Å². The molecule has 2 amide bonds. The normalized spacial score (nSPS) is 25.9. The monoisotopic (exact) mass is 930 g/mol. The predicted molar refractivity (Wildman–Crippen MR) is 247 cm³/mol. The molecule has 7 rings (SSSR count). The van der Waals surface area contributed by atoms with Crippen LogP contribution in [0.3, 0.4) is 0 Å². The molecule has 16 nitrogen and oxygen atoms in total. The number of carbonyl (C=O) groups excluding carboxylic acids is 3. The van der Waals surface area contributed by atoms with E-state index in [4.69, 9.17) is 4.74 Å². The van der Waals surface area contributed by atoms with Crippen LogP contribution < -0.4 is 26.6 Å². The third-order valence-corrected chi connectivity index (χ3v) is 16.0. The smallest absolute Gasteiger partial charge is 0.353 e. The number of aliphatic hydroxyl groups excluding tert-OH is 1. The van der Waals surface area contributed by atoms with Gasteiger partial charge in [0.1, 0.15) is 17.7 Å². The number of aliphatic carboxylic acids is 2. The molecule has 2 aliphatic heterocycles. The second-order valence-electron chi connectivity index (χ2n) is 18.8. The largest absolute Gasteiger partial charge is 0.478 e. The number of nitrogens with zero attached hydrogens (tertiary/aromatic N) is 1. The summed E-state index contributed by atoms with van der Waals surface area (Å²) in [5.41, 5.74) is 3.03. The van der Waals surface area contributed by atoms with E-state index in [2.05, 4.69) is 55.8 Å². The second-order valence-corrected chi connectivity index (χ2v) is 20.0. The lowest BCUT2D eigenvalue weighted by Crippen LogP contribution is -2.56. The molecule has 17 heteroatoms. The number of thioether (sulfide) groups is 1. The third-order valence-electron chi connectivity index (χ3n) is 14.5. The van der Waals surface area contributed by atoms with Crippen LogP contribution in [0.25, 0.3) is 0 Å². The van der Waals surface area contributed by atoms with Crippen LogP contribution in [0.5, 0.6) is 0 Å². The molecule has 0 radical (unpaired) electrons. The summed E-state index contributed by atoms with van der Waals surface area (Å²) >= 11 is 1.40. The first-order valence-electron chi connectivity index (χ1n) is 23.6. The average molecular weight is 931 g/mol. The lowest BCUT2D eigenvalue weighted by atomic mass is 9.64. The van der Waals surface area contributed by atoms with E-state index < -0.39 is 65.8 Å². The van der Waals surface area contributed by atoms with Gasteiger partial charge in [-0.15, -0.1) is 11.8 Å². The molecule has 3 heterocycles. The number of esters is 1. The zero-order chi connectivity index (χ0) is 46.8. The summed E-state index contributed by atoms with van der Waals surface area (Å²) < 4.78 is 6.73. The molecular formula is C49H66N6O10S. The molecule has 9 N–H and O–H groups in total. The molecule has 8 atom stereocenters. The Morgan fingerprint density at radius 3 is 2.36 bits per heavy atom. The van der Waals surface area contributed by atoms with Gasteiger partial charge in [-0.05, 0) is 123 Å². The van der Waals surface area contributed by atoms with Crippen LogP contribution in [-0.4, -0.2) is 110 Å². The van der Waals surface area contributed by atoms with Crippen molar-refractivity contribution in [2.24, 2.45) is 23.2 Å². The van der Waals surface area contributed by atoms with Crippen LogP contribution >= 0.6 is 11.8 Å².